The minimum Gasteiger partial charge on any atom is -0.504 e. The molecule has 1 aliphatic rings. The summed E-state index contributed by atoms with van der Waals surface area (Å²) >= 11 is 5.45. The van der Waals surface area contributed by atoms with Crippen molar-refractivity contribution in [2.75, 3.05) is 26.1 Å². The number of rotatable bonds is 6. The molecule has 1 unspecified atom stereocenters. The fourth-order valence-corrected chi connectivity index (χ4v) is 3.52. The van der Waals surface area contributed by atoms with E-state index in [-0.39, 0.29) is 11.7 Å². The van der Waals surface area contributed by atoms with Crippen molar-refractivity contribution in [3.05, 3.63) is 59.3 Å². The molecule has 7 nitrogen and oxygen atoms in total. The molecule has 2 aromatic rings. The lowest BCUT2D eigenvalue weighted by Gasteiger charge is -2.36. The summed E-state index contributed by atoms with van der Waals surface area (Å²) in [6.07, 6.45) is 0. The van der Waals surface area contributed by atoms with Gasteiger partial charge in [-0.1, -0.05) is 12.1 Å². The molecule has 1 amide bonds. The van der Waals surface area contributed by atoms with Crippen molar-refractivity contribution in [2.45, 2.75) is 19.9 Å². The largest absolute Gasteiger partial charge is 0.504 e. The molecule has 1 heterocycles. The van der Waals surface area contributed by atoms with Gasteiger partial charge in [-0.05, 0) is 55.9 Å². The van der Waals surface area contributed by atoms with Gasteiger partial charge < -0.3 is 30.1 Å². The van der Waals surface area contributed by atoms with Crippen LogP contribution >= 0.6 is 12.2 Å². The zero-order chi connectivity index (χ0) is 21.8. The van der Waals surface area contributed by atoms with E-state index in [0.717, 1.165) is 11.3 Å². The zero-order valence-electron chi connectivity index (χ0n) is 17.4. The zero-order valence-corrected chi connectivity index (χ0v) is 18.2. The Labute approximate surface area is 181 Å². The van der Waals surface area contributed by atoms with Crippen LogP contribution in [0.15, 0.2) is 53.7 Å². The number of methoxy groups -OCH3 is 1. The number of anilines is 1. The van der Waals surface area contributed by atoms with Crippen LogP contribution in [0.4, 0.5) is 5.69 Å². The molecule has 0 aliphatic carbocycles. The van der Waals surface area contributed by atoms with Crippen molar-refractivity contribution in [1.29, 1.82) is 0 Å². The number of phenolic OH excluding ortho intramolecular Hbond substituents is 1. The second-order valence-corrected chi connectivity index (χ2v) is 7.17. The number of thiocarbonyl (C=S) groups is 1. The SMILES string of the molecule is CCOc1cc(C2NC(=S)N(C)C(C)=C2C(=O)Nc2cccc(OC)c2)ccc1O. The average molecular weight is 428 g/mol. The lowest BCUT2D eigenvalue weighted by molar-refractivity contribution is -0.113. The number of hydrogen-bond acceptors (Lipinski definition) is 5. The first-order chi connectivity index (χ1) is 14.3. The third-order valence-corrected chi connectivity index (χ3v) is 5.34. The Balaban J connectivity index is 2.00. The highest BCUT2D eigenvalue weighted by Crippen LogP contribution is 2.35. The normalized spacial score (nSPS) is 16.2. The summed E-state index contributed by atoms with van der Waals surface area (Å²) in [5.41, 5.74) is 2.62. The lowest BCUT2D eigenvalue weighted by Crippen LogP contribution is -2.46. The second-order valence-electron chi connectivity index (χ2n) is 6.79. The van der Waals surface area contributed by atoms with Gasteiger partial charge in [0, 0.05) is 24.5 Å². The molecular formula is C22H25N3O4S. The molecule has 8 heteroatoms. The number of carbonyl (C=O) groups excluding carboxylic acids is 1. The first-order valence-electron chi connectivity index (χ1n) is 9.51. The molecule has 1 atom stereocenters. The fraction of sp³-hybridized carbons (Fsp3) is 0.273. The summed E-state index contributed by atoms with van der Waals surface area (Å²) in [7, 11) is 3.38. The molecule has 0 radical (unpaired) electrons. The van der Waals surface area contributed by atoms with E-state index in [1.54, 1.807) is 42.3 Å². The Morgan fingerprint density at radius 1 is 1.30 bits per heavy atom. The topological polar surface area (TPSA) is 83.1 Å². The number of carbonyl (C=O) groups is 1. The van der Waals surface area contributed by atoms with Crippen molar-refractivity contribution in [3.8, 4) is 17.2 Å². The van der Waals surface area contributed by atoms with Gasteiger partial charge in [0.05, 0.1) is 25.3 Å². The van der Waals surface area contributed by atoms with Crippen LogP contribution in [0.3, 0.4) is 0 Å². The highest BCUT2D eigenvalue weighted by Gasteiger charge is 2.33. The summed E-state index contributed by atoms with van der Waals surface area (Å²) in [5.74, 6) is 0.777. The molecule has 0 bridgehead atoms. The minimum absolute atomic E-state index is 0.0409. The van der Waals surface area contributed by atoms with E-state index < -0.39 is 6.04 Å². The summed E-state index contributed by atoms with van der Waals surface area (Å²) in [4.78, 5) is 15.1. The lowest BCUT2D eigenvalue weighted by atomic mass is 9.94. The van der Waals surface area contributed by atoms with Crippen LogP contribution in [0.2, 0.25) is 0 Å². The molecule has 0 fully saturated rings. The Morgan fingerprint density at radius 3 is 2.77 bits per heavy atom. The Morgan fingerprint density at radius 2 is 2.07 bits per heavy atom. The van der Waals surface area contributed by atoms with Gasteiger partial charge in [-0.2, -0.15) is 0 Å². The van der Waals surface area contributed by atoms with E-state index in [9.17, 15) is 9.90 Å². The Bertz CT molecular complexity index is 1010. The molecule has 3 N–H and O–H groups in total. The maximum absolute atomic E-state index is 13.3. The van der Waals surface area contributed by atoms with Crippen LogP contribution in [0.25, 0.3) is 0 Å². The number of ether oxygens (including phenoxy) is 2. The smallest absolute Gasteiger partial charge is 0.255 e. The number of aromatic hydroxyl groups is 1. The summed E-state index contributed by atoms with van der Waals surface area (Å²) in [5, 5.41) is 16.7. The number of allylic oxidation sites excluding steroid dienone is 1. The molecule has 1 aliphatic heterocycles. The first kappa shape index (κ1) is 21.4. The first-order valence-corrected chi connectivity index (χ1v) is 9.92. The van der Waals surface area contributed by atoms with Gasteiger partial charge in [0.15, 0.2) is 16.6 Å². The molecule has 0 saturated carbocycles. The molecule has 0 aromatic heterocycles. The quantitative estimate of drug-likeness (QED) is 0.608. The summed E-state index contributed by atoms with van der Waals surface area (Å²) in [6, 6.07) is 11.7. The number of hydrogen-bond donors (Lipinski definition) is 3. The minimum atomic E-state index is -0.501. The van der Waals surface area contributed by atoms with Gasteiger partial charge in [-0.3, -0.25) is 4.79 Å². The molecule has 158 valence electrons. The standard InChI is InChI=1S/C22H25N3O4S/c1-5-29-18-11-14(9-10-17(18)26)20-19(13(2)25(3)22(30)24-20)21(27)23-15-7-6-8-16(12-15)28-4/h6-12,20,26H,5H2,1-4H3,(H,23,27)(H,24,30). The number of nitrogens with zero attached hydrogens (tertiary/aromatic N) is 1. The van der Waals surface area contributed by atoms with Crippen molar-refractivity contribution >= 4 is 28.9 Å². The van der Waals surface area contributed by atoms with E-state index >= 15 is 0 Å². The van der Waals surface area contributed by atoms with Crippen LogP contribution < -0.4 is 20.1 Å². The summed E-state index contributed by atoms with van der Waals surface area (Å²) < 4.78 is 10.7. The number of nitrogens with one attached hydrogen (secondary N) is 2. The maximum Gasteiger partial charge on any atom is 0.255 e. The van der Waals surface area contributed by atoms with Gasteiger partial charge in [-0.15, -0.1) is 0 Å². The van der Waals surface area contributed by atoms with E-state index in [4.69, 9.17) is 21.7 Å². The van der Waals surface area contributed by atoms with Crippen LogP contribution in [0.1, 0.15) is 25.5 Å². The van der Waals surface area contributed by atoms with E-state index in [2.05, 4.69) is 10.6 Å². The number of benzene rings is 2. The molecular weight excluding hydrogens is 402 g/mol. The number of phenols is 1. The van der Waals surface area contributed by atoms with Gasteiger partial charge in [0.2, 0.25) is 0 Å². The maximum atomic E-state index is 13.3. The molecule has 2 aromatic carbocycles. The second kappa shape index (κ2) is 9.04. The van der Waals surface area contributed by atoms with Gasteiger partial charge in [0.1, 0.15) is 5.75 Å². The van der Waals surface area contributed by atoms with Crippen LogP contribution in [0.5, 0.6) is 17.2 Å². The Kier molecular flexibility index (Phi) is 6.47. The van der Waals surface area contributed by atoms with Gasteiger partial charge in [-0.25, -0.2) is 0 Å². The molecule has 30 heavy (non-hydrogen) atoms. The van der Waals surface area contributed by atoms with E-state index in [1.165, 1.54) is 0 Å². The van der Waals surface area contributed by atoms with E-state index in [0.29, 0.717) is 34.5 Å². The summed E-state index contributed by atoms with van der Waals surface area (Å²) in [6.45, 7) is 4.10. The number of amides is 1. The predicted octanol–water partition coefficient (Wildman–Crippen LogP) is 3.57. The van der Waals surface area contributed by atoms with Gasteiger partial charge in [0.25, 0.3) is 5.91 Å². The third kappa shape index (κ3) is 4.33. The highest BCUT2D eigenvalue weighted by molar-refractivity contribution is 7.80. The van der Waals surface area contributed by atoms with Crippen LogP contribution in [-0.4, -0.2) is 41.8 Å². The predicted molar refractivity (Wildman–Crippen MR) is 120 cm³/mol. The van der Waals surface area contributed by atoms with Crippen molar-refractivity contribution in [1.82, 2.24) is 10.2 Å². The van der Waals surface area contributed by atoms with E-state index in [1.807, 2.05) is 33.0 Å². The molecule has 0 saturated heterocycles. The monoisotopic (exact) mass is 427 g/mol. The average Bonchev–Trinajstić information content (AvgIpc) is 2.73. The highest BCUT2D eigenvalue weighted by atomic mass is 32.1. The molecule has 0 spiro atoms. The van der Waals surface area contributed by atoms with Crippen LogP contribution in [0, 0.1) is 0 Å². The van der Waals surface area contributed by atoms with Crippen molar-refractivity contribution in [3.63, 3.8) is 0 Å². The Hall–Kier alpha value is -3.26. The van der Waals surface area contributed by atoms with Crippen LogP contribution in [-0.2, 0) is 4.79 Å². The molecule has 3 rings (SSSR count). The van der Waals surface area contributed by atoms with Crippen molar-refractivity contribution in [2.24, 2.45) is 0 Å². The fourth-order valence-electron chi connectivity index (χ4n) is 3.26. The van der Waals surface area contributed by atoms with Gasteiger partial charge >= 0.3 is 0 Å². The third-order valence-electron chi connectivity index (χ3n) is 4.94. The van der Waals surface area contributed by atoms with Crippen molar-refractivity contribution < 1.29 is 19.4 Å².